The Morgan fingerprint density at radius 3 is 2.17 bits per heavy atom. The van der Waals surface area contributed by atoms with E-state index in [1.54, 1.807) is 36.4 Å². The molecular weight excluding hydrogens is 472 g/mol. The number of carbonyl (C=O) groups is 4. The number of nitrogens with one attached hydrogen (secondary N) is 2. The van der Waals surface area contributed by atoms with Crippen molar-refractivity contribution >= 4 is 35.9 Å². The van der Waals surface area contributed by atoms with E-state index >= 15 is 0 Å². The van der Waals surface area contributed by atoms with Crippen LogP contribution in [0.1, 0.15) is 24.0 Å². The van der Waals surface area contributed by atoms with Gasteiger partial charge in [0.2, 0.25) is 0 Å². The van der Waals surface area contributed by atoms with Crippen LogP contribution in [0.5, 0.6) is 5.75 Å². The van der Waals surface area contributed by atoms with Crippen LogP contribution >= 0.6 is 0 Å². The first-order valence-corrected chi connectivity index (χ1v) is 10.3. The largest absolute Gasteiger partial charge is 0.514 e. The highest BCUT2D eigenvalue weighted by molar-refractivity contribution is 5.92. The van der Waals surface area contributed by atoms with E-state index in [0.717, 1.165) is 0 Å². The molecule has 2 aromatic rings. The molecule has 36 heavy (non-hydrogen) atoms. The molecule has 12 heteroatoms. The van der Waals surface area contributed by atoms with E-state index in [0.29, 0.717) is 16.8 Å². The first-order chi connectivity index (χ1) is 17.2. The molecular formula is C24H20N4O8. The van der Waals surface area contributed by atoms with Gasteiger partial charge in [0.25, 0.3) is 0 Å². The van der Waals surface area contributed by atoms with Crippen molar-refractivity contribution in [2.24, 2.45) is 0 Å². The average molecular weight is 492 g/mol. The normalized spacial score (nSPS) is 10.5. The van der Waals surface area contributed by atoms with Gasteiger partial charge in [-0.1, -0.05) is 24.3 Å². The van der Waals surface area contributed by atoms with E-state index in [1.165, 1.54) is 30.3 Å². The van der Waals surface area contributed by atoms with Crippen LogP contribution in [0.3, 0.4) is 0 Å². The Labute approximate surface area is 205 Å². The number of aliphatic carboxylic acids is 2. The number of nitriles is 2. The fourth-order valence-corrected chi connectivity index (χ4v) is 2.69. The second kappa shape index (κ2) is 13.4. The van der Waals surface area contributed by atoms with Crippen LogP contribution in [0, 0.1) is 22.7 Å². The van der Waals surface area contributed by atoms with Gasteiger partial charge in [0.15, 0.2) is 0 Å². The number of hydrogen-bond donors (Lipinski definition) is 4. The van der Waals surface area contributed by atoms with E-state index in [-0.39, 0.29) is 24.4 Å². The summed E-state index contributed by atoms with van der Waals surface area (Å²) < 4.78 is 10.1. The van der Waals surface area contributed by atoms with E-state index in [2.05, 4.69) is 10.6 Å². The standard InChI is InChI=1S/C24H20N4O8/c25-12-17(13-26)11-15-3-7-19(8-4-15)36-24(34)35-14-16-1-5-18(6-2-16)27-23(33)28-20(22(31)32)9-10-21(29)30/h1-8,11,20H,9-10,14H2,(H,29,30)(H,31,32)(H2,27,28,33)/t20-/m0/s1. The van der Waals surface area contributed by atoms with Crippen molar-refractivity contribution in [1.82, 2.24) is 5.32 Å². The second-order valence-corrected chi connectivity index (χ2v) is 7.11. The van der Waals surface area contributed by atoms with Gasteiger partial charge in [0, 0.05) is 12.1 Å². The molecule has 184 valence electrons. The van der Waals surface area contributed by atoms with E-state index in [9.17, 15) is 19.2 Å². The van der Waals surface area contributed by atoms with Gasteiger partial charge in [-0.2, -0.15) is 10.5 Å². The molecule has 0 radical (unpaired) electrons. The monoisotopic (exact) mass is 492 g/mol. The lowest BCUT2D eigenvalue weighted by Crippen LogP contribution is -2.43. The number of anilines is 1. The minimum absolute atomic E-state index is 0.0647. The highest BCUT2D eigenvalue weighted by atomic mass is 16.7. The van der Waals surface area contributed by atoms with Crippen LogP contribution in [0.2, 0.25) is 0 Å². The number of benzene rings is 2. The molecule has 0 aromatic heterocycles. The van der Waals surface area contributed by atoms with Gasteiger partial charge in [-0.3, -0.25) is 4.79 Å². The van der Waals surface area contributed by atoms with Gasteiger partial charge >= 0.3 is 24.1 Å². The fourth-order valence-electron chi connectivity index (χ4n) is 2.69. The molecule has 2 amide bonds. The van der Waals surface area contributed by atoms with Gasteiger partial charge in [-0.15, -0.1) is 0 Å². The Hall–Kier alpha value is -5.36. The maximum atomic E-state index is 12.0. The number of amides is 2. The number of ether oxygens (including phenoxy) is 2. The maximum absolute atomic E-state index is 12.0. The third-order valence-electron chi connectivity index (χ3n) is 4.45. The van der Waals surface area contributed by atoms with E-state index in [4.69, 9.17) is 30.2 Å². The lowest BCUT2D eigenvalue weighted by atomic mass is 10.1. The van der Waals surface area contributed by atoms with Gasteiger partial charge in [-0.05, 0) is 47.9 Å². The quantitative estimate of drug-likeness (QED) is 0.217. The zero-order valence-corrected chi connectivity index (χ0v) is 18.6. The first-order valence-electron chi connectivity index (χ1n) is 10.3. The Morgan fingerprint density at radius 2 is 1.61 bits per heavy atom. The maximum Gasteiger partial charge on any atom is 0.514 e. The molecule has 0 saturated carbocycles. The van der Waals surface area contributed by atoms with Gasteiger partial charge in [0.05, 0.1) is 0 Å². The Morgan fingerprint density at radius 1 is 0.972 bits per heavy atom. The second-order valence-electron chi connectivity index (χ2n) is 7.11. The summed E-state index contributed by atoms with van der Waals surface area (Å²) in [7, 11) is 0. The number of allylic oxidation sites excluding steroid dienone is 1. The van der Waals surface area contributed by atoms with Gasteiger partial charge in [0.1, 0.15) is 36.1 Å². The zero-order valence-electron chi connectivity index (χ0n) is 18.6. The predicted molar refractivity (Wildman–Crippen MR) is 123 cm³/mol. The smallest absolute Gasteiger partial charge is 0.481 e. The summed E-state index contributed by atoms with van der Waals surface area (Å²) in [6.45, 7) is -0.129. The number of rotatable bonds is 10. The highest BCUT2D eigenvalue weighted by Crippen LogP contribution is 2.16. The zero-order chi connectivity index (χ0) is 26.5. The Kier molecular flexibility index (Phi) is 9.99. The summed E-state index contributed by atoms with van der Waals surface area (Å²) in [5.74, 6) is -2.34. The third-order valence-corrected chi connectivity index (χ3v) is 4.45. The number of urea groups is 1. The topological polar surface area (TPSA) is 199 Å². The molecule has 0 heterocycles. The fraction of sp³-hybridized carbons (Fsp3) is 0.167. The van der Waals surface area contributed by atoms with Gasteiger partial charge in [-0.25, -0.2) is 14.4 Å². The third kappa shape index (κ3) is 9.25. The van der Waals surface area contributed by atoms with Crippen molar-refractivity contribution in [3.63, 3.8) is 0 Å². The average Bonchev–Trinajstić information content (AvgIpc) is 2.85. The summed E-state index contributed by atoms with van der Waals surface area (Å²) in [5.41, 5.74) is 1.41. The van der Waals surface area contributed by atoms with Crippen molar-refractivity contribution in [3.05, 3.63) is 65.2 Å². The minimum Gasteiger partial charge on any atom is -0.481 e. The SMILES string of the molecule is N#CC(C#N)=Cc1ccc(OC(=O)OCc2ccc(NC(=O)N[C@@H](CCC(=O)O)C(=O)O)cc2)cc1. The molecule has 0 spiro atoms. The predicted octanol–water partition coefficient (Wildman–Crippen LogP) is 3.27. The molecule has 2 rings (SSSR count). The van der Waals surface area contributed by atoms with E-state index in [1.807, 2.05) is 0 Å². The summed E-state index contributed by atoms with van der Waals surface area (Å²) in [5, 5.41) is 39.9. The van der Waals surface area contributed by atoms with Crippen molar-refractivity contribution in [2.45, 2.75) is 25.5 Å². The molecule has 0 unspecified atom stereocenters. The van der Waals surface area contributed by atoms with Crippen LogP contribution in [0.15, 0.2) is 54.1 Å². The molecule has 2 aromatic carbocycles. The van der Waals surface area contributed by atoms with Crippen LogP contribution in [0.25, 0.3) is 6.08 Å². The van der Waals surface area contributed by atoms with Crippen molar-refractivity contribution in [3.8, 4) is 17.9 Å². The first kappa shape index (κ1) is 26.9. The number of nitrogens with zero attached hydrogens (tertiary/aromatic N) is 2. The number of carboxylic acid groups (broad SMARTS) is 2. The number of hydrogen-bond acceptors (Lipinski definition) is 8. The summed E-state index contributed by atoms with van der Waals surface area (Å²) >= 11 is 0. The summed E-state index contributed by atoms with van der Waals surface area (Å²) in [6, 6.07) is 13.5. The Bertz CT molecular complexity index is 1210. The van der Waals surface area contributed by atoms with Crippen molar-refractivity contribution < 1.29 is 38.9 Å². The Balaban J connectivity index is 1.82. The van der Waals surface area contributed by atoms with Gasteiger partial charge < -0.3 is 30.3 Å². The highest BCUT2D eigenvalue weighted by Gasteiger charge is 2.21. The molecule has 12 nitrogen and oxygen atoms in total. The lowest BCUT2D eigenvalue weighted by Gasteiger charge is -2.14. The van der Waals surface area contributed by atoms with Crippen LogP contribution in [-0.2, 0) is 20.9 Å². The van der Waals surface area contributed by atoms with Crippen LogP contribution in [-0.4, -0.2) is 40.4 Å². The van der Waals surface area contributed by atoms with Crippen LogP contribution < -0.4 is 15.4 Å². The summed E-state index contributed by atoms with van der Waals surface area (Å²) in [4.78, 5) is 45.7. The van der Waals surface area contributed by atoms with Crippen LogP contribution in [0.4, 0.5) is 15.3 Å². The molecule has 0 fully saturated rings. The molecule has 0 aliphatic heterocycles. The van der Waals surface area contributed by atoms with Crippen molar-refractivity contribution in [2.75, 3.05) is 5.32 Å². The molecule has 1 atom stereocenters. The summed E-state index contributed by atoms with van der Waals surface area (Å²) in [6.07, 6.45) is -0.262. The minimum atomic E-state index is -1.36. The lowest BCUT2D eigenvalue weighted by molar-refractivity contribution is -0.140. The molecule has 0 saturated heterocycles. The molecule has 0 aliphatic rings. The number of carbonyl (C=O) groups excluding carboxylic acids is 2. The van der Waals surface area contributed by atoms with Crippen molar-refractivity contribution in [1.29, 1.82) is 10.5 Å². The molecule has 0 aliphatic carbocycles. The number of carboxylic acids is 2. The molecule has 4 N–H and O–H groups in total. The van der Waals surface area contributed by atoms with E-state index < -0.39 is 36.6 Å². The molecule has 0 bridgehead atoms.